The second-order valence-electron chi connectivity index (χ2n) is 11.3. The normalized spacial score (nSPS) is 11.4. The molecule has 0 aliphatic rings. The first-order chi connectivity index (χ1) is 19.8. The van der Waals surface area contributed by atoms with Crippen molar-refractivity contribution in [3.05, 3.63) is 144 Å². The van der Waals surface area contributed by atoms with Crippen LogP contribution in [0.25, 0.3) is 4.85 Å². The Morgan fingerprint density at radius 2 is 1.02 bits per heavy atom. The third-order valence-electron chi connectivity index (χ3n) is 8.10. The topological polar surface area (TPSA) is 31.4 Å². The molecule has 0 aliphatic carbocycles. The molecular formula is C36H33N3Si2. The molecule has 3 nitrogen and oxygen atoms in total. The van der Waals surface area contributed by atoms with Gasteiger partial charge in [0.25, 0.3) is 0 Å². The van der Waals surface area contributed by atoms with Gasteiger partial charge in [0, 0.05) is 17.1 Å². The van der Waals surface area contributed by atoms with Crippen molar-refractivity contribution in [3.8, 4) is 6.07 Å². The highest BCUT2D eigenvalue weighted by Crippen LogP contribution is 2.34. The molecule has 0 unspecified atom stereocenters. The first-order valence-corrected chi connectivity index (χ1v) is 19.8. The van der Waals surface area contributed by atoms with E-state index in [1.54, 1.807) is 0 Å². The third-order valence-corrected chi connectivity index (χ3v) is 15.2. The number of para-hydroxylation sites is 3. The van der Waals surface area contributed by atoms with Crippen molar-refractivity contribution in [2.45, 2.75) is 26.2 Å². The smallest absolute Gasteiger partial charge is 0.187 e. The number of hydrogen-bond acceptors (Lipinski definition) is 2. The molecule has 0 saturated carbocycles. The summed E-state index contributed by atoms with van der Waals surface area (Å²) >= 11 is 0. The standard InChI is InChI=1S/C36H33N3Si2/c1-38-29-21-25-32(26-22-29)41(4,5)36-18-12-10-16-34(36)39(30-13-7-6-8-14-30)33-15-9-11-17-35(33)40(2,3)31-23-19-28(27-37)20-24-31/h6-26H,2-5H3. The SMILES string of the molecule is [C-]#[N+]c1ccc([Si](C)(C)c2ccccc2N(c2ccccc2)c2ccccc2[Si](C)(C)c2ccc(C#N)cc2)cc1. The van der Waals surface area contributed by atoms with Crippen molar-refractivity contribution in [2.24, 2.45) is 0 Å². The van der Waals surface area contributed by atoms with Crippen LogP contribution in [0, 0.1) is 17.9 Å². The van der Waals surface area contributed by atoms with Gasteiger partial charge in [-0.15, -0.1) is 0 Å². The summed E-state index contributed by atoms with van der Waals surface area (Å²) in [5.74, 6) is 0. The number of anilines is 3. The Morgan fingerprint density at radius 3 is 1.49 bits per heavy atom. The van der Waals surface area contributed by atoms with Gasteiger partial charge in [0.1, 0.15) is 16.1 Å². The monoisotopic (exact) mass is 563 g/mol. The zero-order valence-electron chi connectivity index (χ0n) is 24.0. The molecule has 0 heterocycles. The molecule has 41 heavy (non-hydrogen) atoms. The Balaban J connectivity index is 1.73. The van der Waals surface area contributed by atoms with Gasteiger partial charge in [-0.05, 0) is 46.8 Å². The summed E-state index contributed by atoms with van der Waals surface area (Å²) in [7, 11) is -4.34. The van der Waals surface area contributed by atoms with Crippen molar-refractivity contribution in [2.75, 3.05) is 4.90 Å². The Kier molecular flexibility index (Phi) is 7.77. The van der Waals surface area contributed by atoms with Gasteiger partial charge >= 0.3 is 0 Å². The summed E-state index contributed by atoms with van der Waals surface area (Å²) in [6.45, 7) is 16.9. The van der Waals surface area contributed by atoms with Gasteiger partial charge in [0.2, 0.25) is 0 Å². The molecule has 0 saturated heterocycles. The van der Waals surface area contributed by atoms with E-state index in [2.05, 4.69) is 145 Å². The van der Waals surface area contributed by atoms with E-state index in [0.29, 0.717) is 11.3 Å². The van der Waals surface area contributed by atoms with Crippen molar-refractivity contribution in [1.29, 1.82) is 5.26 Å². The molecule has 0 aliphatic heterocycles. The maximum absolute atomic E-state index is 9.36. The average Bonchev–Trinajstić information content (AvgIpc) is 3.02. The van der Waals surface area contributed by atoms with Gasteiger partial charge in [0.05, 0.1) is 18.2 Å². The van der Waals surface area contributed by atoms with E-state index in [4.69, 9.17) is 6.57 Å². The van der Waals surface area contributed by atoms with Gasteiger partial charge in [-0.25, -0.2) is 4.85 Å². The molecule has 0 bridgehead atoms. The van der Waals surface area contributed by atoms with Crippen molar-refractivity contribution in [1.82, 2.24) is 0 Å². The molecule has 0 spiro atoms. The van der Waals surface area contributed by atoms with E-state index >= 15 is 0 Å². The van der Waals surface area contributed by atoms with Crippen LogP contribution in [0.4, 0.5) is 22.7 Å². The lowest BCUT2D eigenvalue weighted by molar-refractivity contribution is 1.30. The number of rotatable bonds is 7. The fourth-order valence-electron chi connectivity index (χ4n) is 5.60. The van der Waals surface area contributed by atoms with E-state index in [-0.39, 0.29) is 0 Å². The van der Waals surface area contributed by atoms with Crippen molar-refractivity contribution < 1.29 is 0 Å². The summed E-state index contributed by atoms with van der Waals surface area (Å²) in [6, 6.07) is 46.8. The van der Waals surface area contributed by atoms with Crippen LogP contribution in [0.2, 0.25) is 26.2 Å². The molecule has 5 aromatic carbocycles. The maximum atomic E-state index is 9.36. The Morgan fingerprint density at radius 1 is 0.585 bits per heavy atom. The maximum Gasteiger partial charge on any atom is 0.187 e. The van der Waals surface area contributed by atoms with Gasteiger partial charge in [0.15, 0.2) is 5.69 Å². The highest BCUT2D eigenvalue weighted by Gasteiger charge is 2.34. The lowest BCUT2D eigenvalue weighted by atomic mass is 10.2. The summed E-state index contributed by atoms with van der Waals surface area (Å²) in [5, 5.41) is 14.6. The van der Waals surface area contributed by atoms with Crippen LogP contribution in [0.15, 0.2) is 127 Å². The number of nitriles is 1. The van der Waals surface area contributed by atoms with Crippen LogP contribution < -0.4 is 25.6 Å². The van der Waals surface area contributed by atoms with Crippen LogP contribution in [0.1, 0.15) is 5.56 Å². The number of hydrogen-bond donors (Lipinski definition) is 0. The molecule has 5 aromatic rings. The minimum Gasteiger partial charge on any atom is -0.311 e. The van der Waals surface area contributed by atoms with E-state index < -0.39 is 16.1 Å². The largest absolute Gasteiger partial charge is 0.311 e. The fraction of sp³-hybridized carbons (Fsp3) is 0.111. The molecule has 200 valence electrons. The lowest BCUT2D eigenvalue weighted by Crippen LogP contribution is -2.55. The third kappa shape index (κ3) is 5.38. The molecular weight excluding hydrogens is 531 g/mol. The van der Waals surface area contributed by atoms with Gasteiger partial charge in [-0.1, -0.05) is 128 Å². The van der Waals surface area contributed by atoms with E-state index in [1.165, 1.54) is 32.1 Å². The van der Waals surface area contributed by atoms with Crippen LogP contribution in [0.5, 0.6) is 0 Å². The van der Waals surface area contributed by atoms with Crippen molar-refractivity contribution in [3.63, 3.8) is 0 Å². The highest BCUT2D eigenvalue weighted by molar-refractivity contribution is 7.02. The Labute approximate surface area is 245 Å². The summed E-state index contributed by atoms with van der Waals surface area (Å²) in [6.07, 6.45) is 0. The summed E-state index contributed by atoms with van der Waals surface area (Å²) in [4.78, 5) is 6.04. The van der Waals surface area contributed by atoms with Gasteiger partial charge < -0.3 is 4.90 Å². The number of nitrogens with zero attached hydrogens (tertiary/aromatic N) is 3. The van der Waals surface area contributed by atoms with Crippen molar-refractivity contribution >= 4 is 59.6 Å². The molecule has 0 N–H and O–H groups in total. The van der Waals surface area contributed by atoms with Crippen LogP contribution >= 0.6 is 0 Å². The van der Waals surface area contributed by atoms with Crippen LogP contribution in [0.3, 0.4) is 0 Å². The highest BCUT2D eigenvalue weighted by atomic mass is 28.3. The average molecular weight is 564 g/mol. The predicted octanol–water partition coefficient (Wildman–Crippen LogP) is 7.22. The molecule has 0 amide bonds. The second kappa shape index (κ2) is 11.4. The quantitative estimate of drug-likeness (QED) is 0.155. The molecule has 0 fully saturated rings. The van der Waals surface area contributed by atoms with E-state index in [9.17, 15) is 5.26 Å². The minimum absolute atomic E-state index is 0.668. The zero-order chi connectivity index (χ0) is 29.0. The molecule has 5 heteroatoms. The Bertz CT molecular complexity index is 1630. The molecule has 0 atom stereocenters. The second-order valence-corrected chi connectivity index (χ2v) is 20.0. The van der Waals surface area contributed by atoms with Crippen LogP contribution in [-0.2, 0) is 0 Å². The first kappa shape index (κ1) is 27.9. The first-order valence-electron chi connectivity index (χ1n) is 13.8. The predicted molar refractivity (Wildman–Crippen MR) is 178 cm³/mol. The Hall–Kier alpha value is -4.69. The summed E-state index contributed by atoms with van der Waals surface area (Å²) < 4.78 is 0. The molecule has 0 aromatic heterocycles. The summed E-state index contributed by atoms with van der Waals surface area (Å²) in [5.41, 5.74) is 4.83. The fourth-order valence-corrected chi connectivity index (χ4v) is 10.9. The molecule has 0 radical (unpaired) electrons. The minimum atomic E-state index is -2.17. The van der Waals surface area contributed by atoms with Crippen LogP contribution in [-0.4, -0.2) is 16.1 Å². The van der Waals surface area contributed by atoms with Gasteiger partial charge in [-0.2, -0.15) is 5.26 Å². The van der Waals surface area contributed by atoms with E-state index in [0.717, 1.165) is 5.69 Å². The number of benzene rings is 5. The lowest BCUT2D eigenvalue weighted by Gasteiger charge is -2.36. The zero-order valence-corrected chi connectivity index (χ0v) is 26.0. The van der Waals surface area contributed by atoms with E-state index in [1.807, 2.05) is 24.3 Å². The van der Waals surface area contributed by atoms with Gasteiger partial charge in [-0.3, -0.25) is 0 Å². The molecule has 5 rings (SSSR count).